The van der Waals surface area contributed by atoms with Crippen LogP contribution in [0.5, 0.6) is 6.01 Å². The van der Waals surface area contributed by atoms with Crippen LogP contribution in [-0.4, -0.2) is 14.9 Å². The second-order valence-electron chi connectivity index (χ2n) is 5.30. The Morgan fingerprint density at radius 3 is 2.68 bits per heavy atom. The molecule has 0 fully saturated rings. The molecule has 28 heavy (non-hydrogen) atoms. The van der Waals surface area contributed by atoms with Gasteiger partial charge in [-0.25, -0.2) is 18.2 Å². The molecule has 0 aliphatic heterocycles. The number of para-hydroxylation sites is 1. The molecule has 0 saturated heterocycles. The largest absolute Gasteiger partial charge is 0.458 e. The first-order chi connectivity index (χ1) is 13.4. The summed E-state index contributed by atoms with van der Waals surface area (Å²) in [5.74, 6) is -2.61. The second kappa shape index (κ2) is 8.57. The standard InChI is InChI=1S/C17H11F3N4O3S/c18-11-6-5-10(12(19)7-11)9-27-17-21-8-13(20)16(22-17)23-28-15-4-2-1-3-14(15)24(25)26/h1-8H,9H2,(H,21,22,23). The van der Waals surface area contributed by atoms with Crippen LogP contribution >= 0.6 is 11.9 Å². The third-order valence-electron chi connectivity index (χ3n) is 3.41. The van der Waals surface area contributed by atoms with Gasteiger partial charge in [0.05, 0.1) is 11.1 Å². The van der Waals surface area contributed by atoms with E-state index in [1.165, 1.54) is 24.3 Å². The van der Waals surface area contributed by atoms with Crippen LogP contribution in [0.2, 0.25) is 0 Å². The van der Waals surface area contributed by atoms with Gasteiger partial charge in [0.15, 0.2) is 11.6 Å². The maximum absolute atomic E-state index is 13.9. The van der Waals surface area contributed by atoms with E-state index in [1.807, 2.05) is 0 Å². The van der Waals surface area contributed by atoms with Gasteiger partial charge >= 0.3 is 6.01 Å². The molecule has 3 rings (SSSR count). The van der Waals surface area contributed by atoms with Crippen LogP contribution in [0.1, 0.15) is 5.56 Å². The molecule has 1 N–H and O–H groups in total. The van der Waals surface area contributed by atoms with Gasteiger partial charge in [0.1, 0.15) is 23.1 Å². The number of aromatic nitrogens is 2. The van der Waals surface area contributed by atoms with Crippen LogP contribution in [0.4, 0.5) is 24.7 Å². The molecule has 0 unspecified atom stereocenters. The molecule has 0 saturated carbocycles. The zero-order valence-corrected chi connectivity index (χ0v) is 14.8. The fourth-order valence-electron chi connectivity index (χ4n) is 2.07. The van der Waals surface area contributed by atoms with Gasteiger partial charge in [0, 0.05) is 17.7 Å². The lowest BCUT2D eigenvalue weighted by atomic mass is 10.2. The molecule has 0 amide bonds. The molecule has 2 aromatic carbocycles. The molecule has 1 aromatic heterocycles. The van der Waals surface area contributed by atoms with Crippen molar-refractivity contribution in [1.82, 2.24) is 9.97 Å². The second-order valence-corrected chi connectivity index (χ2v) is 6.15. The summed E-state index contributed by atoms with van der Waals surface area (Å²) in [6, 6.07) is 8.64. The Morgan fingerprint density at radius 1 is 1.14 bits per heavy atom. The smallest absolute Gasteiger partial charge is 0.318 e. The topological polar surface area (TPSA) is 90.2 Å². The summed E-state index contributed by atoms with van der Waals surface area (Å²) >= 11 is 0.791. The molecule has 0 aliphatic rings. The molecule has 11 heteroatoms. The number of halogens is 3. The molecule has 0 atom stereocenters. The lowest BCUT2D eigenvalue weighted by Gasteiger charge is -2.09. The number of nitro benzene ring substituents is 1. The normalized spacial score (nSPS) is 10.5. The van der Waals surface area contributed by atoms with Crippen LogP contribution < -0.4 is 9.46 Å². The predicted molar refractivity (Wildman–Crippen MR) is 95.3 cm³/mol. The minimum Gasteiger partial charge on any atom is -0.458 e. The van der Waals surface area contributed by atoms with Crippen molar-refractivity contribution >= 4 is 23.5 Å². The maximum Gasteiger partial charge on any atom is 0.318 e. The number of benzene rings is 2. The summed E-state index contributed by atoms with van der Waals surface area (Å²) < 4.78 is 48.2. The van der Waals surface area contributed by atoms with Crippen LogP contribution in [0.25, 0.3) is 0 Å². The number of anilines is 1. The Kier molecular flexibility index (Phi) is 5.94. The zero-order valence-electron chi connectivity index (χ0n) is 13.9. The Bertz CT molecular complexity index is 1020. The summed E-state index contributed by atoms with van der Waals surface area (Å²) in [7, 11) is 0. The average Bonchev–Trinajstić information content (AvgIpc) is 2.67. The summed E-state index contributed by atoms with van der Waals surface area (Å²) in [5, 5.41) is 11.0. The molecule has 0 radical (unpaired) electrons. The Morgan fingerprint density at radius 2 is 1.93 bits per heavy atom. The van der Waals surface area contributed by atoms with Gasteiger partial charge in [-0.1, -0.05) is 12.1 Å². The molecular formula is C17H11F3N4O3S. The summed E-state index contributed by atoms with van der Waals surface area (Å²) in [6.07, 6.45) is 0.839. The van der Waals surface area contributed by atoms with Crippen molar-refractivity contribution in [3.63, 3.8) is 0 Å². The van der Waals surface area contributed by atoms with Gasteiger partial charge in [0.2, 0.25) is 0 Å². The van der Waals surface area contributed by atoms with Crippen molar-refractivity contribution in [2.24, 2.45) is 0 Å². The van der Waals surface area contributed by atoms with E-state index in [0.29, 0.717) is 6.07 Å². The van der Waals surface area contributed by atoms with Crippen LogP contribution in [-0.2, 0) is 6.61 Å². The van der Waals surface area contributed by atoms with Crippen LogP contribution in [0.15, 0.2) is 53.6 Å². The maximum atomic E-state index is 13.9. The van der Waals surface area contributed by atoms with Crippen LogP contribution in [0, 0.1) is 27.6 Å². The molecule has 0 spiro atoms. The molecule has 0 bridgehead atoms. The minimum absolute atomic E-state index is 0.0677. The SMILES string of the molecule is O=[N+]([O-])c1ccccc1SNc1nc(OCc2ccc(F)cc2F)ncc1F. The summed E-state index contributed by atoms with van der Waals surface area (Å²) in [6.45, 7) is -0.297. The number of ether oxygens (including phenoxy) is 1. The zero-order chi connectivity index (χ0) is 20.1. The third-order valence-corrected chi connectivity index (χ3v) is 4.27. The third kappa shape index (κ3) is 4.68. The predicted octanol–water partition coefficient (Wildman–Crippen LogP) is 4.50. The van der Waals surface area contributed by atoms with Crippen molar-refractivity contribution in [1.29, 1.82) is 0 Å². The molecule has 144 valence electrons. The summed E-state index contributed by atoms with van der Waals surface area (Å²) in [5.41, 5.74) is -0.0872. The number of nitrogens with one attached hydrogen (secondary N) is 1. The quantitative estimate of drug-likeness (QED) is 0.350. The van der Waals surface area contributed by atoms with Gasteiger partial charge in [-0.05, 0) is 30.1 Å². The van der Waals surface area contributed by atoms with E-state index in [-0.39, 0.29) is 34.6 Å². The number of rotatable bonds is 7. The molecule has 0 aliphatic carbocycles. The minimum atomic E-state index is -0.814. The Labute approximate surface area is 160 Å². The van der Waals surface area contributed by atoms with Gasteiger partial charge in [-0.3, -0.25) is 10.1 Å². The first kappa shape index (κ1) is 19.4. The molecule has 3 aromatic rings. The number of nitrogens with zero attached hydrogens (tertiary/aromatic N) is 3. The van der Waals surface area contributed by atoms with E-state index in [0.717, 1.165) is 24.2 Å². The molecule has 1 heterocycles. The van der Waals surface area contributed by atoms with Crippen molar-refractivity contribution in [3.8, 4) is 6.01 Å². The first-order valence-electron chi connectivity index (χ1n) is 7.69. The summed E-state index contributed by atoms with van der Waals surface area (Å²) in [4.78, 5) is 18.2. The van der Waals surface area contributed by atoms with E-state index >= 15 is 0 Å². The van der Waals surface area contributed by atoms with Gasteiger partial charge in [-0.2, -0.15) is 4.98 Å². The number of hydrogen-bond donors (Lipinski definition) is 1. The Hall–Kier alpha value is -3.34. The highest BCUT2D eigenvalue weighted by Crippen LogP contribution is 2.30. The van der Waals surface area contributed by atoms with Gasteiger partial charge in [0.25, 0.3) is 5.69 Å². The van der Waals surface area contributed by atoms with E-state index in [4.69, 9.17) is 4.74 Å². The number of hydrogen-bond acceptors (Lipinski definition) is 7. The lowest BCUT2D eigenvalue weighted by Crippen LogP contribution is -2.04. The van der Waals surface area contributed by atoms with Gasteiger partial charge < -0.3 is 9.46 Å². The fourth-order valence-corrected chi connectivity index (χ4v) is 2.81. The van der Waals surface area contributed by atoms with Crippen molar-refractivity contribution in [2.75, 3.05) is 4.72 Å². The highest BCUT2D eigenvalue weighted by atomic mass is 32.2. The van der Waals surface area contributed by atoms with Crippen molar-refractivity contribution in [2.45, 2.75) is 11.5 Å². The van der Waals surface area contributed by atoms with E-state index in [9.17, 15) is 23.3 Å². The highest BCUT2D eigenvalue weighted by molar-refractivity contribution is 8.00. The highest BCUT2D eigenvalue weighted by Gasteiger charge is 2.15. The van der Waals surface area contributed by atoms with Gasteiger partial charge in [-0.15, -0.1) is 0 Å². The Balaban J connectivity index is 1.70. The van der Waals surface area contributed by atoms with E-state index < -0.39 is 22.4 Å². The monoisotopic (exact) mass is 408 g/mol. The van der Waals surface area contributed by atoms with E-state index in [2.05, 4.69) is 14.7 Å². The van der Waals surface area contributed by atoms with Crippen molar-refractivity contribution in [3.05, 3.63) is 81.8 Å². The van der Waals surface area contributed by atoms with Crippen molar-refractivity contribution < 1.29 is 22.8 Å². The average molecular weight is 408 g/mol. The van der Waals surface area contributed by atoms with E-state index in [1.54, 1.807) is 6.07 Å². The molecule has 7 nitrogen and oxygen atoms in total. The number of nitro groups is 1. The first-order valence-corrected chi connectivity index (χ1v) is 8.51. The lowest BCUT2D eigenvalue weighted by molar-refractivity contribution is -0.387. The molecular weight excluding hydrogens is 397 g/mol. The van der Waals surface area contributed by atoms with Crippen LogP contribution in [0.3, 0.4) is 0 Å². The fraction of sp³-hybridized carbons (Fsp3) is 0.0588.